The Morgan fingerprint density at radius 1 is 0.818 bits per heavy atom. The van der Waals surface area contributed by atoms with E-state index in [2.05, 4.69) is 20.8 Å². The summed E-state index contributed by atoms with van der Waals surface area (Å²) in [7, 11) is 0. The van der Waals surface area contributed by atoms with Crippen molar-refractivity contribution in [2.75, 3.05) is 13.2 Å². The van der Waals surface area contributed by atoms with Crippen molar-refractivity contribution in [3.05, 3.63) is 12.2 Å². The molecule has 1 unspecified atom stereocenters. The minimum absolute atomic E-state index is 0.0350. The van der Waals surface area contributed by atoms with Crippen LogP contribution in [0.4, 0.5) is 0 Å². The van der Waals surface area contributed by atoms with E-state index in [1.54, 1.807) is 12.2 Å². The summed E-state index contributed by atoms with van der Waals surface area (Å²) in [5.41, 5.74) is 0. The maximum absolute atomic E-state index is 12.4. The lowest BCUT2D eigenvalue weighted by atomic mass is 9.88. The number of rotatable bonds is 27. The zero-order valence-electron chi connectivity index (χ0n) is 28.1. The van der Waals surface area contributed by atoms with E-state index in [-0.39, 0.29) is 55.6 Å². The summed E-state index contributed by atoms with van der Waals surface area (Å²) in [6.07, 6.45) is 18.9. The summed E-state index contributed by atoms with van der Waals surface area (Å²) < 4.78 is 10.2. The number of hydrogen-bond donors (Lipinski definition) is 3. The SMILES string of the molecule is CCCCC[C@H](O)/C=C/[C@H]1C(=O)C[C@H](O)[C@@H]1CCCCCCC(=O)OC[C@H](O)COC(=O)CCCCCCCCC(C)CC. The van der Waals surface area contributed by atoms with E-state index < -0.39 is 18.3 Å². The summed E-state index contributed by atoms with van der Waals surface area (Å²) in [5, 5.41) is 30.5. The Morgan fingerprint density at radius 3 is 1.95 bits per heavy atom. The lowest BCUT2D eigenvalue weighted by Gasteiger charge is -2.19. The summed E-state index contributed by atoms with van der Waals surface area (Å²) in [6, 6.07) is 0. The molecule has 0 heterocycles. The fourth-order valence-electron chi connectivity index (χ4n) is 5.79. The average molecular weight is 625 g/mol. The van der Waals surface area contributed by atoms with Crippen molar-refractivity contribution in [3.63, 3.8) is 0 Å². The third-order valence-corrected chi connectivity index (χ3v) is 8.95. The summed E-state index contributed by atoms with van der Waals surface area (Å²) in [5.74, 6) is -0.347. The molecule has 0 amide bonds. The van der Waals surface area contributed by atoms with Gasteiger partial charge in [-0.3, -0.25) is 14.4 Å². The van der Waals surface area contributed by atoms with Gasteiger partial charge in [-0.2, -0.15) is 0 Å². The highest BCUT2D eigenvalue weighted by atomic mass is 16.6. The number of Topliss-reactive ketones (excluding diaryl/α,β-unsaturated/α-hetero) is 1. The molecule has 1 aliphatic carbocycles. The van der Waals surface area contributed by atoms with Crippen molar-refractivity contribution in [1.82, 2.24) is 0 Å². The van der Waals surface area contributed by atoms with Crippen LogP contribution in [-0.2, 0) is 23.9 Å². The second kappa shape index (κ2) is 25.4. The zero-order valence-corrected chi connectivity index (χ0v) is 28.1. The van der Waals surface area contributed by atoms with Crippen molar-refractivity contribution >= 4 is 17.7 Å². The first kappa shape index (κ1) is 40.3. The van der Waals surface area contributed by atoms with Crippen LogP contribution in [0, 0.1) is 17.8 Å². The van der Waals surface area contributed by atoms with Gasteiger partial charge in [-0.25, -0.2) is 0 Å². The number of carbonyl (C=O) groups excluding carboxylic acids is 3. The Morgan fingerprint density at radius 2 is 1.36 bits per heavy atom. The Hall–Kier alpha value is -1.77. The smallest absolute Gasteiger partial charge is 0.305 e. The van der Waals surface area contributed by atoms with Gasteiger partial charge in [0.15, 0.2) is 0 Å². The van der Waals surface area contributed by atoms with E-state index in [0.29, 0.717) is 19.3 Å². The van der Waals surface area contributed by atoms with Gasteiger partial charge in [0.1, 0.15) is 25.1 Å². The van der Waals surface area contributed by atoms with E-state index in [0.717, 1.165) is 70.1 Å². The first-order valence-electron chi connectivity index (χ1n) is 17.7. The Labute approximate surface area is 267 Å². The van der Waals surface area contributed by atoms with Crippen LogP contribution in [0.2, 0.25) is 0 Å². The number of esters is 2. The quantitative estimate of drug-likeness (QED) is 0.0506. The molecule has 0 saturated heterocycles. The standard InChI is InChI=1S/C36H64O8/c1-4-6-13-19-29(37)23-24-32-31(33(39)25-34(32)40)20-15-11-12-17-22-36(42)44-27-30(38)26-43-35(41)21-16-10-8-7-9-14-18-28(3)5-2/h23-24,28-33,37-39H,4-22,25-27H2,1-3H3/b24-23+/t28?,29-,30+,31+,32+,33-/m0/s1. The average Bonchev–Trinajstić information content (AvgIpc) is 3.27. The molecule has 1 fully saturated rings. The molecule has 0 radical (unpaired) electrons. The van der Waals surface area contributed by atoms with Crippen LogP contribution >= 0.6 is 0 Å². The van der Waals surface area contributed by atoms with Gasteiger partial charge in [-0.05, 0) is 37.5 Å². The van der Waals surface area contributed by atoms with Gasteiger partial charge in [-0.15, -0.1) is 0 Å². The largest absolute Gasteiger partial charge is 0.463 e. The van der Waals surface area contributed by atoms with Crippen LogP contribution in [-0.4, -0.2) is 64.6 Å². The van der Waals surface area contributed by atoms with Crippen LogP contribution in [0.5, 0.6) is 0 Å². The number of ketones is 1. The number of aliphatic hydroxyl groups excluding tert-OH is 3. The van der Waals surface area contributed by atoms with Gasteiger partial charge < -0.3 is 24.8 Å². The van der Waals surface area contributed by atoms with Gasteiger partial charge >= 0.3 is 11.9 Å². The van der Waals surface area contributed by atoms with Gasteiger partial charge in [0.2, 0.25) is 0 Å². The lowest BCUT2D eigenvalue weighted by Crippen LogP contribution is -2.25. The first-order chi connectivity index (χ1) is 21.2. The summed E-state index contributed by atoms with van der Waals surface area (Å²) >= 11 is 0. The van der Waals surface area contributed by atoms with Crippen molar-refractivity contribution in [2.24, 2.45) is 17.8 Å². The molecule has 256 valence electrons. The second-order valence-electron chi connectivity index (χ2n) is 13.0. The van der Waals surface area contributed by atoms with Gasteiger partial charge in [-0.1, -0.05) is 116 Å². The van der Waals surface area contributed by atoms with Crippen LogP contribution in [0.15, 0.2) is 12.2 Å². The summed E-state index contributed by atoms with van der Waals surface area (Å²) in [4.78, 5) is 36.3. The molecule has 0 aromatic heterocycles. The minimum Gasteiger partial charge on any atom is -0.463 e. The molecule has 0 aliphatic heterocycles. The number of ether oxygens (including phenoxy) is 2. The van der Waals surface area contributed by atoms with E-state index in [4.69, 9.17) is 9.47 Å². The van der Waals surface area contributed by atoms with E-state index in [1.807, 2.05) is 0 Å². The van der Waals surface area contributed by atoms with Crippen molar-refractivity contribution in [2.45, 2.75) is 167 Å². The molecule has 8 nitrogen and oxygen atoms in total. The van der Waals surface area contributed by atoms with Gasteiger partial charge in [0.05, 0.1) is 12.2 Å². The molecule has 1 aliphatic rings. The van der Waals surface area contributed by atoms with Crippen LogP contribution in [0.25, 0.3) is 0 Å². The van der Waals surface area contributed by atoms with Gasteiger partial charge in [0, 0.05) is 25.2 Å². The normalized spacial score (nSPS) is 20.6. The number of aliphatic hydroxyl groups is 3. The maximum atomic E-state index is 12.4. The molecule has 0 aromatic carbocycles. The Bertz CT molecular complexity index is 797. The highest BCUT2D eigenvalue weighted by molar-refractivity contribution is 5.86. The molecule has 44 heavy (non-hydrogen) atoms. The third-order valence-electron chi connectivity index (χ3n) is 8.95. The fourth-order valence-corrected chi connectivity index (χ4v) is 5.79. The fraction of sp³-hybridized carbons (Fsp3) is 0.861. The van der Waals surface area contributed by atoms with Crippen molar-refractivity contribution < 1.29 is 39.2 Å². The van der Waals surface area contributed by atoms with E-state index in [9.17, 15) is 29.7 Å². The Balaban J connectivity index is 2.08. The predicted molar refractivity (Wildman–Crippen MR) is 174 cm³/mol. The number of hydrogen-bond acceptors (Lipinski definition) is 8. The molecule has 0 aromatic rings. The first-order valence-corrected chi connectivity index (χ1v) is 17.7. The number of carbonyl (C=O) groups is 3. The molecule has 1 saturated carbocycles. The summed E-state index contributed by atoms with van der Waals surface area (Å²) in [6.45, 7) is 6.28. The highest BCUT2D eigenvalue weighted by Gasteiger charge is 2.39. The van der Waals surface area contributed by atoms with Crippen molar-refractivity contribution in [1.29, 1.82) is 0 Å². The maximum Gasteiger partial charge on any atom is 0.305 e. The van der Waals surface area contributed by atoms with E-state index in [1.165, 1.54) is 32.1 Å². The number of allylic oxidation sites excluding steroid dienone is 1. The molecule has 6 atom stereocenters. The topological polar surface area (TPSA) is 130 Å². The van der Waals surface area contributed by atoms with Crippen molar-refractivity contribution in [3.8, 4) is 0 Å². The van der Waals surface area contributed by atoms with Crippen LogP contribution in [0.3, 0.4) is 0 Å². The van der Waals surface area contributed by atoms with Crippen LogP contribution < -0.4 is 0 Å². The molecule has 8 heteroatoms. The lowest BCUT2D eigenvalue weighted by molar-refractivity contribution is -0.152. The molecule has 0 spiro atoms. The molecule has 1 rings (SSSR count). The molecular formula is C36H64O8. The van der Waals surface area contributed by atoms with E-state index >= 15 is 0 Å². The third kappa shape index (κ3) is 19.6. The zero-order chi connectivity index (χ0) is 32.6. The number of unbranched alkanes of at least 4 members (excludes halogenated alkanes) is 10. The molecule has 3 N–H and O–H groups in total. The Kier molecular flexibility index (Phi) is 23.3. The van der Waals surface area contributed by atoms with Crippen LogP contribution in [0.1, 0.15) is 149 Å². The van der Waals surface area contributed by atoms with Gasteiger partial charge in [0.25, 0.3) is 0 Å². The second-order valence-corrected chi connectivity index (χ2v) is 13.0. The highest BCUT2D eigenvalue weighted by Crippen LogP contribution is 2.34. The minimum atomic E-state index is -1.03. The molecule has 0 bridgehead atoms. The predicted octanol–water partition coefficient (Wildman–Crippen LogP) is 7.00. The molecular weight excluding hydrogens is 560 g/mol. The monoisotopic (exact) mass is 624 g/mol.